The van der Waals surface area contributed by atoms with Crippen molar-refractivity contribution in [2.24, 2.45) is 11.7 Å². The molecule has 1 aliphatic rings. The maximum absolute atomic E-state index is 11.8. The summed E-state index contributed by atoms with van der Waals surface area (Å²) < 4.78 is 10.0. The highest BCUT2D eigenvalue weighted by atomic mass is 16.5. The van der Waals surface area contributed by atoms with E-state index in [4.69, 9.17) is 15.2 Å². The van der Waals surface area contributed by atoms with E-state index in [1.807, 2.05) is 0 Å². The molecule has 3 N–H and O–H groups in total. The Morgan fingerprint density at radius 2 is 2.00 bits per heavy atom. The quantitative estimate of drug-likeness (QED) is 0.780. The number of anilines is 1. The minimum absolute atomic E-state index is 0.0903. The van der Waals surface area contributed by atoms with Crippen molar-refractivity contribution in [3.05, 3.63) is 6.07 Å². The van der Waals surface area contributed by atoms with Crippen LogP contribution in [0.3, 0.4) is 0 Å². The third-order valence-corrected chi connectivity index (χ3v) is 3.00. The summed E-state index contributed by atoms with van der Waals surface area (Å²) in [5.41, 5.74) is 5.89. The van der Waals surface area contributed by atoms with Crippen molar-refractivity contribution in [1.29, 1.82) is 0 Å². The highest BCUT2D eigenvalue weighted by molar-refractivity contribution is 5.89. The predicted molar refractivity (Wildman–Crippen MR) is 69.1 cm³/mol. The van der Waals surface area contributed by atoms with Gasteiger partial charge in [0.15, 0.2) is 0 Å². The summed E-state index contributed by atoms with van der Waals surface area (Å²) >= 11 is 0. The fourth-order valence-electron chi connectivity index (χ4n) is 1.75. The molecule has 1 aliphatic carbocycles. The Bertz CT molecular complexity index is 440. The van der Waals surface area contributed by atoms with Crippen LogP contribution in [0.1, 0.15) is 19.3 Å². The van der Waals surface area contributed by atoms with Gasteiger partial charge in [-0.05, 0) is 18.8 Å². The van der Waals surface area contributed by atoms with Crippen molar-refractivity contribution in [2.75, 3.05) is 19.5 Å². The van der Waals surface area contributed by atoms with Gasteiger partial charge in [0.1, 0.15) is 0 Å². The Morgan fingerprint density at radius 3 is 2.47 bits per heavy atom. The number of methoxy groups -OCH3 is 2. The molecule has 1 unspecified atom stereocenters. The molecule has 1 atom stereocenters. The number of carbonyl (C=O) groups excluding carboxylic acids is 1. The van der Waals surface area contributed by atoms with Crippen molar-refractivity contribution in [3.8, 4) is 11.8 Å². The van der Waals surface area contributed by atoms with Crippen LogP contribution in [-0.4, -0.2) is 36.1 Å². The Balaban J connectivity index is 1.98. The van der Waals surface area contributed by atoms with Crippen molar-refractivity contribution < 1.29 is 14.3 Å². The number of nitrogens with zero attached hydrogens (tertiary/aromatic N) is 2. The topological polar surface area (TPSA) is 99.4 Å². The SMILES string of the molecule is COc1cc(OC)nc(NC(=O)CC(N)C2CC2)n1. The zero-order valence-corrected chi connectivity index (χ0v) is 11.0. The van der Waals surface area contributed by atoms with Crippen LogP contribution in [-0.2, 0) is 4.79 Å². The van der Waals surface area contributed by atoms with Crippen molar-refractivity contribution in [1.82, 2.24) is 9.97 Å². The van der Waals surface area contributed by atoms with E-state index in [1.165, 1.54) is 20.3 Å². The van der Waals surface area contributed by atoms with Gasteiger partial charge < -0.3 is 15.2 Å². The molecule has 19 heavy (non-hydrogen) atoms. The summed E-state index contributed by atoms with van der Waals surface area (Å²) in [6.45, 7) is 0. The Kier molecular flexibility index (Phi) is 4.16. The van der Waals surface area contributed by atoms with Gasteiger partial charge in [-0.2, -0.15) is 9.97 Å². The van der Waals surface area contributed by atoms with Gasteiger partial charge in [0.2, 0.25) is 23.6 Å². The summed E-state index contributed by atoms with van der Waals surface area (Å²) in [5.74, 6) is 1.09. The highest BCUT2D eigenvalue weighted by Crippen LogP contribution is 2.32. The van der Waals surface area contributed by atoms with Gasteiger partial charge in [0.25, 0.3) is 0 Å². The van der Waals surface area contributed by atoms with Gasteiger partial charge in [-0.3, -0.25) is 10.1 Å². The van der Waals surface area contributed by atoms with Crippen molar-refractivity contribution in [2.45, 2.75) is 25.3 Å². The van der Waals surface area contributed by atoms with Crippen LogP contribution >= 0.6 is 0 Å². The third kappa shape index (κ3) is 3.78. The van der Waals surface area contributed by atoms with E-state index < -0.39 is 0 Å². The molecular formula is C12H18N4O3. The fraction of sp³-hybridized carbons (Fsp3) is 0.583. The second-order valence-electron chi connectivity index (χ2n) is 4.53. The van der Waals surface area contributed by atoms with E-state index in [2.05, 4.69) is 15.3 Å². The van der Waals surface area contributed by atoms with Crippen LogP contribution in [0.5, 0.6) is 11.8 Å². The smallest absolute Gasteiger partial charge is 0.236 e. The normalized spacial score (nSPS) is 15.7. The molecule has 0 aliphatic heterocycles. The first-order chi connectivity index (χ1) is 9.12. The number of amides is 1. The molecule has 7 nitrogen and oxygen atoms in total. The van der Waals surface area contributed by atoms with E-state index in [1.54, 1.807) is 0 Å². The van der Waals surface area contributed by atoms with E-state index in [0.29, 0.717) is 17.7 Å². The van der Waals surface area contributed by atoms with Crippen molar-refractivity contribution >= 4 is 11.9 Å². The molecule has 2 rings (SSSR count). The summed E-state index contributed by atoms with van der Waals surface area (Å²) in [4.78, 5) is 19.8. The maximum Gasteiger partial charge on any atom is 0.236 e. The summed E-state index contributed by atoms with van der Waals surface area (Å²) in [6.07, 6.45) is 2.49. The molecule has 0 saturated heterocycles. The van der Waals surface area contributed by atoms with E-state index in [0.717, 1.165) is 12.8 Å². The Hall–Kier alpha value is -1.89. The lowest BCUT2D eigenvalue weighted by Crippen LogP contribution is -2.29. The van der Waals surface area contributed by atoms with E-state index >= 15 is 0 Å². The molecule has 0 spiro atoms. The van der Waals surface area contributed by atoms with Crippen LogP contribution in [0.2, 0.25) is 0 Å². The largest absolute Gasteiger partial charge is 0.481 e. The minimum Gasteiger partial charge on any atom is -0.481 e. The number of ether oxygens (including phenoxy) is 2. The number of nitrogens with one attached hydrogen (secondary N) is 1. The molecular weight excluding hydrogens is 248 g/mol. The highest BCUT2D eigenvalue weighted by Gasteiger charge is 2.29. The first kappa shape index (κ1) is 13.5. The number of hydrogen-bond donors (Lipinski definition) is 2. The molecule has 7 heteroatoms. The fourth-order valence-corrected chi connectivity index (χ4v) is 1.75. The lowest BCUT2D eigenvalue weighted by atomic mass is 10.1. The van der Waals surface area contributed by atoms with Crippen molar-refractivity contribution in [3.63, 3.8) is 0 Å². The first-order valence-electron chi connectivity index (χ1n) is 6.15. The number of carbonyl (C=O) groups is 1. The molecule has 1 aromatic rings. The maximum atomic E-state index is 11.8. The average Bonchev–Trinajstić information content (AvgIpc) is 3.22. The number of aromatic nitrogens is 2. The monoisotopic (exact) mass is 266 g/mol. The van der Waals surface area contributed by atoms with Crippen LogP contribution in [0.4, 0.5) is 5.95 Å². The number of nitrogens with two attached hydrogens (primary N) is 1. The molecule has 1 saturated carbocycles. The summed E-state index contributed by atoms with van der Waals surface area (Å²) in [6, 6.07) is 1.44. The predicted octanol–water partition coefficient (Wildman–Crippen LogP) is 0.560. The number of hydrogen-bond acceptors (Lipinski definition) is 6. The zero-order chi connectivity index (χ0) is 13.8. The molecule has 104 valence electrons. The third-order valence-electron chi connectivity index (χ3n) is 3.00. The van der Waals surface area contributed by atoms with Crippen LogP contribution in [0.15, 0.2) is 6.07 Å². The molecule has 0 aromatic carbocycles. The second-order valence-corrected chi connectivity index (χ2v) is 4.53. The Labute approximate surface area is 111 Å². The van der Waals surface area contributed by atoms with Gasteiger partial charge in [-0.15, -0.1) is 0 Å². The van der Waals surface area contributed by atoms with Gasteiger partial charge in [0.05, 0.1) is 20.3 Å². The molecule has 1 fully saturated rings. The zero-order valence-electron chi connectivity index (χ0n) is 11.0. The van der Waals surface area contributed by atoms with E-state index in [-0.39, 0.29) is 24.3 Å². The molecule has 1 heterocycles. The van der Waals surface area contributed by atoms with Gasteiger partial charge in [-0.1, -0.05) is 0 Å². The first-order valence-corrected chi connectivity index (χ1v) is 6.15. The van der Waals surface area contributed by atoms with Gasteiger partial charge >= 0.3 is 0 Å². The van der Waals surface area contributed by atoms with Crippen LogP contribution in [0.25, 0.3) is 0 Å². The summed E-state index contributed by atoms with van der Waals surface area (Å²) in [5, 5.41) is 2.60. The lowest BCUT2D eigenvalue weighted by molar-refractivity contribution is -0.116. The Morgan fingerprint density at radius 1 is 1.42 bits per heavy atom. The van der Waals surface area contributed by atoms with Gasteiger partial charge in [-0.25, -0.2) is 0 Å². The molecule has 1 aromatic heterocycles. The van der Waals surface area contributed by atoms with Crippen LogP contribution < -0.4 is 20.5 Å². The molecule has 0 bridgehead atoms. The lowest BCUT2D eigenvalue weighted by Gasteiger charge is -2.10. The second kappa shape index (κ2) is 5.83. The van der Waals surface area contributed by atoms with Gasteiger partial charge in [0, 0.05) is 12.5 Å². The van der Waals surface area contributed by atoms with E-state index in [9.17, 15) is 4.79 Å². The minimum atomic E-state index is -0.199. The molecule has 0 radical (unpaired) electrons. The number of rotatable bonds is 6. The summed E-state index contributed by atoms with van der Waals surface area (Å²) in [7, 11) is 2.97. The standard InChI is InChI=1S/C12H18N4O3/c1-18-10-6-11(19-2)16-12(15-10)14-9(17)5-8(13)7-3-4-7/h6-8H,3-5,13H2,1-2H3,(H,14,15,16,17). The van der Waals surface area contributed by atoms with Crippen LogP contribution in [0, 0.1) is 5.92 Å². The average molecular weight is 266 g/mol. The molecule has 1 amide bonds.